The van der Waals surface area contributed by atoms with Crippen molar-refractivity contribution in [3.8, 4) is 0 Å². The molecule has 2 aliphatic carbocycles. The van der Waals surface area contributed by atoms with Gasteiger partial charge in [-0.15, -0.1) is 0 Å². The van der Waals surface area contributed by atoms with E-state index in [-0.39, 0.29) is 0 Å². The van der Waals surface area contributed by atoms with E-state index in [0.29, 0.717) is 10.8 Å². The van der Waals surface area contributed by atoms with E-state index in [1.54, 1.807) is 0 Å². The lowest BCUT2D eigenvalue weighted by molar-refractivity contribution is 0.121. The van der Waals surface area contributed by atoms with Crippen molar-refractivity contribution >= 4 is 0 Å². The maximum absolute atomic E-state index is 3.88. The molecule has 2 saturated carbocycles. The van der Waals surface area contributed by atoms with E-state index in [0.717, 1.165) is 24.9 Å². The first kappa shape index (κ1) is 14.1. The maximum atomic E-state index is 3.88. The Bertz CT molecular complexity index is 490. The molecule has 110 valence electrons. The Morgan fingerprint density at radius 2 is 2.05 bits per heavy atom. The topological polar surface area (TPSA) is 12.0 Å². The molecule has 3 rings (SSSR count). The highest BCUT2D eigenvalue weighted by atomic mass is 15.0. The molecular formula is C19H29N. The third kappa shape index (κ3) is 2.11. The molecule has 0 radical (unpaired) electrons. The van der Waals surface area contributed by atoms with Gasteiger partial charge in [-0.05, 0) is 61.5 Å². The van der Waals surface area contributed by atoms with Gasteiger partial charge in [-0.1, -0.05) is 50.6 Å². The van der Waals surface area contributed by atoms with Crippen LogP contribution in [0.3, 0.4) is 0 Å². The highest BCUT2D eigenvalue weighted by Gasteiger charge is 2.60. The molecule has 0 aromatic heterocycles. The molecule has 0 heterocycles. The Labute approximate surface area is 124 Å². The molecular weight excluding hydrogens is 242 g/mol. The molecule has 1 aromatic rings. The van der Waals surface area contributed by atoms with Crippen LogP contribution in [0.2, 0.25) is 0 Å². The number of hydrogen-bond acceptors (Lipinski definition) is 1. The van der Waals surface area contributed by atoms with Crippen molar-refractivity contribution in [1.29, 1.82) is 0 Å². The van der Waals surface area contributed by atoms with Gasteiger partial charge in [0.1, 0.15) is 0 Å². The van der Waals surface area contributed by atoms with E-state index in [1.165, 1.54) is 30.4 Å². The molecule has 2 fully saturated rings. The fourth-order valence-electron chi connectivity index (χ4n) is 4.77. The first-order valence-corrected chi connectivity index (χ1v) is 8.22. The summed E-state index contributed by atoms with van der Waals surface area (Å²) in [5.41, 5.74) is 3.86. The summed E-state index contributed by atoms with van der Waals surface area (Å²) in [5.74, 6) is 0.934. The zero-order chi connectivity index (χ0) is 14.4. The monoisotopic (exact) mass is 271 g/mol. The molecule has 3 atom stereocenters. The SMILES string of the molecule is Cc1cccc(CCNC2CC3CCC2(C)C3(C)C)c1. The first-order valence-electron chi connectivity index (χ1n) is 8.22. The number of rotatable bonds is 4. The number of fused-ring (bicyclic) bond motifs is 2. The van der Waals surface area contributed by atoms with E-state index >= 15 is 0 Å². The van der Waals surface area contributed by atoms with E-state index in [4.69, 9.17) is 0 Å². The average Bonchev–Trinajstić information content (AvgIpc) is 2.72. The van der Waals surface area contributed by atoms with Gasteiger partial charge in [0.2, 0.25) is 0 Å². The van der Waals surface area contributed by atoms with Crippen molar-refractivity contribution < 1.29 is 0 Å². The van der Waals surface area contributed by atoms with Gasteiger partial charge in [0.05, 0.1) is 0 Å². The summed E-state index contributed by atoms with van der Waals surface area (Å²) in [6, 6.07) is 9.64. The summed E-state index contributed by atoms with van der Waals surface area (Å²) in [5, 5.41) is 3.88. The van der Waals surface area contributed by atoms with Crippen LogP contribution in [-0.4, -0.2) is 12.6 Å². The number of benzene rings is 1. The van der Waals surface area contributed by atoms with Gasteiger partial charge in [0.25, 0.3) is 0 Å². The third-order valence-corrected chi connectivity index (χ3v) is 6.68. The van der Waals surface area contributed by atoms with Crippen LogP contribution in [0.15, 0.2) is 24.3 Å². The second kappa shape index (κ2) is 4.87. The molecule has 3 unspecified atom stereocenters. The van der Waals surface area contributed by atoms with E-state index in [2.05, 4.69) is 57.3 Å². The molecule has 20 heavy (non-hydrogen) atoms. The van der Waals surface area contributed by atoms with Gasteiger partial charge in [0.15, 0.2) is 0 Å². The molecule has 0 aliphatic heterocycles. The second-order valence-electron chi connectivity index (χ2n) is 7.86. The van der Waals surface area contributed by atoms with Gasteiger partial charge in [0, 0.05) is 6.04 Å². The predicted octanol–water partition coefficient (Wildman–Crippen LogP) is 4.34. The summed E-state index contributed by atoms with van der Waals surface area (Å²) in [7, 11) is 0. The lowest BCUT2D eigenvalue weighted by Gasteiger charge is -2.39. The van der Waals surface area contributed by atoms with E-state index in [1.807, 2.05) is 0 Å². The molecule has 1 heteroatoms. The fraction of sp³-hybridized carbons (Fsp3) is 0.684. The Balaban J connectivity index is 1.58. The van der Waals surface area contributed by atoms with Gasteiger partial charge in [-0.3, -0.25) is 0 Å². The van der Waals surface area contributed by atoms with Gasteiger partial charge in [-0.2, -0.15) is 0 Å². The van der Waals surface area contributed by atoms with Crippen molar-refractivity contribution in [2.75, 3.05) is 6.54 Å². The van der Waals surface area contributed by atoms with Crippen molar-refractivity contribution in [3.05, 3.63) is 35.4 Å². The Kier molecular flexibility index (Phi) is 3.44. The van der Waals surface area contributed by atoms with Crippen molar-refractivity contribution in [2.45, 2.75) is 59.4 Å². The predicted molar refractivity (Wildman–Crippen MR) is 85.9 cm³/mol. The standard InChI is InChI=1S/C19H29N/c1-14-6-5-7-15(12-14)9-11-20-17-13-16-8-10-19(17,4)18(16,2)3/h5-7,12,16-17,20H,8-11,13H2,1-4H3. The highest BCUT2D eigenvalue weighted by molar-refractivity contribution is 5.22. The minimum atomic E-state index is 0.504. The summed E-state index contributed by atoms with van der Waals surface area (Å²) < 4.78 is 0. The lowest BCUT2D eigenvalue weighted by atomic mass is 9.69. The normalized spacial score (nSPS) is 34.6. The quantitative estimate of drug-likeness (QED) is 0.859. The van der Waals surface area contributed by atoms with Crippen LogP contribution >= 0.6 is 0 Å². The first-order chi connectivity index (χ1) is 9.43. The number of hydrogen-bond donors (Lipinski definition) is 1. The van der Waals surface area contributed by atoms with Crippen LogP contribution in [0.5, 0.6) is 0 Å². The van der Waals surface area contributed by atoms with Crippen LogP contribution in [-0.2, 0) is 6.42 Å². The Morgan fingerprint density at radius 1 is 1.25 bits per heavy atom. The third-order valence-electron chi connectivity index (χ3n) is 6.68. The van der Waals surface area contributed by atoms with Gasteiger partial charge >= 0.3 is 0 Å². The summed E-state index contributed by atoms with van der Waals surface area (Å²) >= 11 is 0. The minimum absolute atomic E-state index is 0.504. The Morgan fingerprint density at radius 3 is 2.65 bits per heavy atom. The summed E-state index contributed by atoms with van der Waals surface area (Å²) in [4.78, 5) is 0. The van der Waals surface area contributed by atoms with Crippen LogP contribution < -0.4 is 5.32 Å². The molecule has 1 aromatic carbocycles. The largest absolute Gasteiger partial charge is 0.313 e. The van der Waals surface area contributed by atoms with Crippen LogP contribution in [0, 0.1) is 23.7 Å². The molecule has 2 bridgehead atoms. The molecule has 2 aliphatic rings. The highest BCUT2D eigenvalue weighted by Crippen LogP contribution is 2.65. The smallest absolute Gasteiger partial charge is 0.0129 e. The summed E-state index contributed by atoms with van der Waals surface area (Å²) in [6.45, 7) is 10.8. The van der Waals surface area contributed by atoms with Crippen molar-refractivity contribution in [2.24, 2.45) is 16.7 Å². The number of aryl methyl sites for hydroxylation is 1. The molecule has 1 N–H and O–H groups in total. The van der Waals surface area contributed by atoms with Crippen LogP contribution in [0.4, 0.5) is 0 Å². The van der Waals surface area contributed by atoms with E-state index in [9.17, 15) is 0 Å². The zero-order valence-electron chi connectivity index (χ0n) is 13.5. The molecule has 0 saturated heterocycles. The van der Waals surface area contributed by atoms with Crippen LogP contribution in [0.25, 0.3) is 0 Å². The molecule has 0 spiro atoms. The average molecular weight is 271 g/mol. The van der Waals surface area contributed by atoms with Crippen molar-refractivity contribution in [1.82, 2.24) is 5.32 Å². The lowest BCUT2D eigenvalue weighted by Crippen LogP contribution is -2.45. The number of nitrogens with one attached hydrogen (secondary N) is 1. The molecule has 0 amide bonds. The van der Waals surface area contributed by atoms with E-state index < -0.39 is 0 Å². The summed E-state index contributed by atoms with van der Waals surface area (Å²) in [6.07, 6.45) is 5.39. The minimum Gasteiger partial charge on any atom is -0.313 e. The Hall–Kier alpha value is -0.820. The van der Waals surface area contributed by atoms with Gasteiger partial charge < -0.3 is 5.32 Å². The van der Waals surface area contributed by atoms with Gasteiger partial charge in [-0.25, -0.2) is 0 Å². The van der Waals surface area contributed by atoms with Crippen molar-refractivity contribution in [3.63, 3.8) is 0 Å². The van der Waals surface area contributed by atoms with Crippen LogP contribution in [0.1, 0.15) is 51.2 Å². The molecule has 1 nitrogen and oxygen atoms in total. The second-order valence-corrected chi connectivity index (χ2v) is 7.86. The zero-order valence-corrected chi connectivity index (χ0v) is 13.5. The maximum Gasteiger partial charge on any atom is 0.0129 e. The fourth-order valence-corrected chi connectivity index (χ4v) is 4.77.